The van der Waals surface area contributed by atoms with Gasteiger partial charge >= 0.3 is 6.03 Å². The number of amides is 3. The average Bonchev–Trinajstić information content (AvgIpc) is 3.57. The van der Waals surface area contributed by atoms with Crippen LogP contribution < -0.4 is 5.32 Å². The quantitative estimate of drug-likeness (QED) is 0.494. The molecular formula is C27H31N3O3. The maximum Gasteiger partial charge on any atom is 0.322 e. The molecule has 1 fully saturated rings. The van der Waals surface area contributed by atoms with E-state index < -0.39 is 0 Å². The van der Waals surface area contributed by atoms with E-state index in [-0.39, 0.29) is 24.5 Å². The molecule has 0 aliphatic heterocycles. The third-order valence-electron chi connectivity index (χ3n) is 5.87. The summed E-state index contributed by atoms with van der Waals surface area (Å²) < 4.78 is 5.73. The van der Waals surface area contributed by atoms with E-state index in [1.165, 1.54) is 5.56 Å². The van der Waals surface area contributed by atoms with Gasteiger partial charge in [-0.05, 0) is 62.9 Å². The number of nitrogens with zero attached hydrogens (tertiary/aromatic N) is 2. The zero-order valence-electron chi connectivity index (χ0n) is 19.3. The van der Waals surface area contributed by atoms with Gasteiger partial charge in [0.25, 0.3) is 0 Å². The maximum absolute atomic E-state index is 13.4. The SMILES string of the molecule is Cc1ccc(NC(=O)N(CC(=O)N(CCc2ccccc2)Cc2ccc(C)o2)C2CC2)cc1. The van der Waals surface area contributed by atoms with Crippen molar-refractivity contribution in [1.29, 1.82) is 0 Å². The molecule has 1 aliphatic rings. The lowest BCUT2D eigenvalue weighted by atomic mass is 10.1. The zero-order valence-corrected chi connectivity index (χ0v) is 19.3. The van der Waals surface area contributed by atoms with Gasteiger partial charge in [-0.15, -0.1) is 0 Å². The summed E-state index contributed by atoms with van der Waals surface area (Å²) in [7, 11) is 0. The monoisotopic (exact) mass is 445 g/mol. The lowest BCUT2D eigenvalue weighted by molar-refractivity contribution is -0.132. The molecule has 1 N–H and O–H groups in total. The van der Waals surface area contributed by atoms with Gasteiger partial charge in [-0.3, -0.25) is 4.79 Å². The van der Waals surface area contributed by atoms with Crippen LogP contribution in [-0.4, -0.2) is 40.9 Å². The van der Waals surface area contributed by atoms with Crippen LogP contribution in [0.15, 0.2) is 71.1 Å². The Kier molecular flexibility index (Phi) is 7.13. The Labute approximate surface area is 195 Å². The van der Waals surface area contributed by atoms with Gasteiger partial charge in [-0.1, -0.05) is 48.0 Å². The van der Waals surface area contributed by atoms with Crippen molar-refractivity contribution >= 4 is 17.6 Å². The van der Waals surface area contributed by atoms with E-state index in [2.05, 4.69) is 17.4 Å². The van der Waals surface area contributed by atoms with Crippen molar-refractivity contribution in [2.75, 3.05) is 18.4 Å². The van der Waals surface area contributed by atoms with Gasteiger partial charge in [0.2, 0.25) is 5.91 Å². The first-order valence-electron chi connectivity index (χ1n) is 11.5. The molecule has 3 amide bonds. The van der Waals surface area contributed by atoms with Gasteiger partial charge < -0.3 is 19.5 Å². The number of hydrogen-bond donors (Lipinski definition) is 1. The molecular weight excluding hydrogens is 414 g/mol. The molecule has 33 heavy (non-hydrogen) atoms. The molecule has 1 aromatic heterocycles. The summed E-state index contributed by atoms with van der Waals surface area (Å²) in [5, 5.41) is 2.94. The van der Waals surface area contributed by atoms with Crippen LogP contribution in [0.3, 0.4) is 0 Å². The summed E-state index contributed by atoms with van der Waals surface area (Å²) in [5.41, 5.74) is 3.03. The van der Waals surface area contributed by atoms with Gasteiger partial charge in [0.1, 0.15) is 18.1 Å². The van der Waals surface area contributed by atoms with Crippen LogP contribution in [0.2, 0.25) is 0 Å². The van der Waals surface area contributed by atoms with Gasteiger partial charge in [0.15, 0.2) is 0 Å². The first kappa shape index (κ1) is 22.6. The van der Waals surface area contributed by atoms with Gasteiger partial charge in [-0.25, -0.2) is 4.79 Å². The number of rotatable bonds is 9. The fourth-order valence-corrected chi connectivity index (χ4v) is 3.79. The zero-order chi connectivity index (χ0) is 23.2. The van der Waals surface area contributed by atoms with Crippen molar-refractivity contribution in [3.8, 4) is 0 Å². The second kappa shape index (κ2) is 10.4. The van der Waals surface area contributed by atoms with Gasteiger partial charge in [0, 0.05) is 18.3 Å². The Balaban J connectivity index is 1.44. The number of furan rings is 1. The van der Waals surface area contributed by atoms with Crippen molar-refractivity contribution < 1.29 is 14.0 Å². The predicted molar refractivity (Wildman–Crippen MR) is 129 cm³/mol. The van der Waals surface area contributed by atoms with E-state index in [1.807, 2.05) is 68.4 Å². The molecule has 0 saturated heterocycles. The van der Waals surface area contributed by atoms with Crippen LogP contribution in [0.4, 0.5) is 10.5 Å². The molecule has 3 aromatic rings. The highest BCUT2D eigenvalue weighted by molar-refractivity contribution is 5.92. The predicted octanol–water partition coefficient (Wildman–Crippen LogP) is 5.16. The highest BCUT2D eigenvalue weighted by Crippen LogP contribution is 2.28. The minimum absolute atomic E-state index is 0.0524. The maximum atomic E-state index is 13.4. The van der Waals surface area contributed by atoms with Crippen LogP contribution in [0.5, 0.6) is 0 Å². The number of hydrogen-bond acceptors (Lipinski definition) is 3. The van der Waals surface area contributed by atoms with Gasteiger partial charge in [-0.2, -0.15) is 0 Å². The third-order valence-corrected chi connectivity index (χ3v) is 5.87. The molecule has 4 rings (SSSR count). The molecule has 1 aliphatic carbocycles. The van der Waals surface area contributed by atoms with Crippen LogP contribution in [-0.2, 0) is 17.8 Å². The smallest absolute Gasteiger partial charge is 0.322 e. The van der Waals surface area contributed by atoms with Crippen molar-refractivity contribution in [2.45, 2.75) is 45.7 Å². The fourth-order valence-electron chi connectivity index (χ4n) is 3.79. The summed E-state index contributed by atoms with van der Waals surface area (Å²) >= 11 is 0. The summed E-state index contributed by atoms with van der Waals surface area (Å²) in [6.07, 6.45) is 2.59. The van der Waals surface area contributed by atoms with Crippen molar-refractivity contribution in [2.24, 2.45) is 0 Å². The molecule has 1 heterocycles. The van der Waals surface area contributed by atoms with E-state index in [0.29, 0.717) is 13.1 Å². The molecule has 0 unspecified atom stereocenters. The summed E-state index contributed by atoms with van der Waals surface area (Å²) in [6.45, 7) is 4.89. The van der Waals surface area contributed by atoms with Crippen LogP contribution in [0, 0.1) is 13.8 Å². The van der Waals surface area contributed by atoms with Crippen LogP contribution in [0.1, 0.15) is 35.5 Å². The first-order chi connectivity index (χ1) is 16.0. The molecule has 0 radical (unpaired) electrons. The Morgan fingerprint density at radius 1 is 0.970 bits per heavy atom. The molecule has 6 nitrogen and oxygen atoms in total. The topological polar surface area (TPSA) is 65.8 Å². The molecule has 172 valence electrons. The number of aryl methyl sites for hydroxylation is 2. The Morgan fingerprint density at radius 3 is 2.33 bits per heavy atom. The minimum atomic E-state index is -0.230. The Hall–Kier alpha value is -3.54. The van der Waals surface area contributed by atoms with E-state index in [0.717, 1.165) is 42.0 Å². The second-order valence-electron chi connectivity index (χ2n) is 8.72. The number of benzene rings is 2. The van der Waals surface area contributed by atoms with Crippen molar-refractivity contribution in [1.82, 2.24) is 9.80 Å². The Morgan fingerprint density at radius 2 is 1.70 bits per heavy atom. The normalized spacial score (nSPS) is 12.9. The van der Waals surface area contributed by atoms with Gasteiger partial charge in [0.05, 0.1) is 6.54 Å². The van der Waals surface area contributed by atoms with Crippen LogP contribution >= 0.6 is 0 Å². The number of carbonyl (C=O) groups is 2. The standard InChI is InChI=1S/C27H31N3O3/c1-20-8-11-23(12-9-20)28-27(32)30(24-13-14-24)19-26(31)29(18-25-15-10-21(2)33-25)17-16-22-6-4-3-5-7-22/h3-12,15,24H,13-14,16-19H2,1-2H3,(H,28,32). The second-order valence-corrected chi connectivity index (χ2v) is 8.72. The molecule has 0 spiro atoms. The fraction of sp³-hybridized carbons (Fsp3) is 0.333. The molecule has 6 heteroatoms. The van der Waals surface area contributed by atoms with Crippen molar-refractivity contribution in [3.63, 3.8) is 0 Å². The average molecular weight is 446 g/mol. The highest BCUT2D eigenvalue weighted by Gasteiger charge is 2.35. The number of carbonyl (C=O) groups excluding carboxylic acids is 2. The first-order valence-corrected chi connectivity index (χ1v) is 11.5. The van der Waals surface area contributed by atoms with E-state index >= 15 is 0 Å². The summed E-state index contributed by atoms with van der Waals surface area (Å²) in [4.78, 5) is 29.8. The third kappa shape index (κ3) is 6.48. The molecule has 1 saturated carbocycles. The lowest BCUT2D eigenvalue weighted by Gasteiger charge is -2.27. The highest BCUT2D eigenvalue weighted by atomic mass is 16.3. The molecule has 0 atom stereocenters. The van der Waals surface area contributed by atoms with E-state index in [1.54, 1.807) is 9.80 Å². The summed E-state index contributed by atoms with van der Waals surface area (Å²) in [5.74, 6) is 1.49. The van der Waals surface area contributed by atoms with E-state index in [4.69, 9.17) is 4.42 Å². The number of anilines is 1. The lowest BCUT2D eigenvalue weighted by Crippen LogP contribution is -2.45. The molecule has 0 bridgehead atoms. The van der Waals surface area contributed by atoms with Crippen molar-refractivity contribution in [3.05, 3.63) is 89.4 Å². The Bertz CT molecular complexity index is 1070. The van der Waals surface area contributed by atoms with Crippen LogP contribution in [0.25, 0.3) is 0 Å². The summed E-state index contributed by atoms with van der Waals surface area (Å²) in [6, 6.07) is 21.5. The minimum Gasteiger partial charge on any atom is -0.464 e. The molecule has 2 aromatic carbocycles. The number of urea groups is 1. The largest absolute Gasteiger partial charge is 0.464 e. The van der Waals surface area contributed by atoms with E-state index in [9.17, 15) is 9.59 Å². The number of nitrogens with one attached hydrogen (secondary N) is 1.